The van der Waals surface area contributed by atoms with Gasteiger partial charge in [-0.1, -0.05) is 54.2 Å². The second kappa shape index (κ2) is 8.91. The number of hydrogen-bond donors (Lipinski definition) is 1. The van der Waals surface area contributed by atoms with Crippen molar-refractivity contribution < 1.29 is 9.32 Å². The van der Waals surface area contributed by atoms with Crippen LogP contribution in [0.3, 0.4) is 0 Å². The number of aryl methyl sites for hydroxylation is 2. The van der Waals surface area contributed by atoms with Crippen molar-refractivity contribution in [3.05, 3.63) is 58.1 Å². The van der Waals surface area contributed by atoms with E-state index in [1.54, 1.807) is 11.3 Å². The molecule has 2 aromatic heterocycles. The zero-order valence-electron chi connectivity index (χ0n) is 16.8. The van der Waals surface area contributed by atoms with Crippen molar-refractivity contribution >= 4 is 17.2 Å². The summed E-state index contributed by atoms with van der Waals surface area (Å²) in [4.78, 5) is 16.9. The number of carbonyl (C=O) groups excluding carboxylic acids is 1. The summed E-state index contributed by atoms with van der Waals surface area (Å²) in [6, 6.07) is 10.7. The number of aromatic nitrogens is 2. The molecule has 29 heavy (non-hydrogen) atoms. The first-order chi connectivity index (χ1) is 14.1. The molecule has 0 spiro atoms. The van der Waals surface area contributed by atoms with Gasteiger partial charge in [0.1, 0.15) is 0 Å². The Hall–Kier alpha value is -2.47. The summed E-state index contributed by atoms with van der Waals surface area (Å²) in [6.45, 7) is 2.83. The molecule has 0 saturated heterocycles. The van der Waals surface area contributed by atoms with E-state index in [9.17, 15) is 4.79 Å². The first-order valence-corrected chi connectivity index (χ1v) is 11.3. The summed E-state index contributed by atoms with van der Waals surface area (Å²) >= 11 is 1.59. The van der Waals surface area contributed by atoms with E-state index in [2.05, 4.69) is 46.6 Å². The Morgan fingerprint density at radius 1 is 1.24 bits per heavy atom. The average molecular weight is 410 g/mol. The van der Waals surface area contributed by atoms with E-state index in [-0.39, 0.29) is 11.3 Å². The van der Waals surface area contributed by atoms with E-state index in [0.29, 0.717) is 31.1 Å². The molecule has 1 fully saturated rings. The summed E-state index contributed by atoms with van der Waals surface area (Å²) < 4.78 is 5.30. The molecule has 1 aliphatic carbocycles. The molecule has 0 radical (unpaired) electrons. The van der Waals surface area contributed by atoms with E-state index in [1.807, 2.05) is 16.8 Å². The van der Waals surface area contributed by atoms with E-state index in [1.165, 1.54) is 30.4 Å². The van der Waals surface area contributed by atoms with Gasteiger partial charge in [-0.3, -0.25) is 4.79 Å². The molecule has 0 aliphatic heterocycles. The Morgan fingerprint density at radius 3 is 2.86 bits per heavy atom. The van der Waals surface area contributed by atoms with E-state index in [4.69, 9.17) is 4.52 Å². The number of carbonyl (C=O) groups is 1. The monoisotopic (exact) mass is 409 g/mol. The van der Waals surface area contributed by atoms with Crippen LogP contribution >= 0.6 is 11.3 Å². The van der Waals surface area contributed by atoms with Gasteiger partial charge in [0.15, 0.2) is 0 Å². The van der Waals surface area contributed by atoms with Crippen LogP contribution in [0, 0.1) is 6.92 Å². The minimum Gasteiger partial charge on any atom is -0.355 e. The maximum absolute atomic E-state index is 12.5. The average Bonchev–Trinajstić information content (AvgIpc) is 3.43. The highest BCUT2D eigenvalue weighted by Gasteiger charge is 2.34. The van der Waals surface area contributed by atoms with Crippen LogP contribution < -0.4 is 5.32 Å². The highest BCUT2D eigenvalue weighted by Crippen LogP contribution is 2.39. The normalized spacial score (nSPS) is 15.9. The lowest BCUT2D eigenvalue weighted by molar-refractivity contribution is -0.121. The van der Waals surface area contributed by atoms with Crippen LogP contribution in [0.25, 0.3) is 11.4 Å². The zero-order chi connectivity index (χ0) is 20.1. The molecule has 0 atom stereocenters. The fourth-order valence-corrected chi connectivity index (χ4v) is 4.85. The third kappa shape index (κ3) is 4.75. The quantitative estimate of drug-likeness (QED) is 0.592. The Labute approximate surface area is 175 Å². The predicted octanol–water partition coefficient (Wildman–Crippen LogP) is 5.06. The van der Waals surface area contributed by atoms with Crippen molar-refractivity contribution in [1.82, 2.24) is 15.5 Å². The van der Waals surface area contributed by atoms with Gasteiger partial charge in [0.05, 0.1) is 0 Å². The van der Waals surface area contributed by atoms with Gasteiger partial charge in [-0.25, -0.2) is 0 Å². The van der Waals surface area contributed by atoms with Crippen LogP contribution in [0.4, 0.5) is 0 Å². The Bertz CT molecular complexity index is 943. The van der Waals surface area contributed by atoms with E-state index >= 15 is 0 Å². The van der Waals surface area contributed by atoms with Crippen molar-refractivity contribution in [3.8, 4) is 11.4 Å². The minimum absolute atomic E-state index is 0.0397. The number of hydrogen-bond acceptors (Lipinski definition) is 5. The minimum atomic E-state index is 0.0397. The molecule has 1 N–H and O–H groups in total. The molecule has 3 aromatic rings. The third-order valence-corrected chi connectivity index (χ3v) is 6.56. The zero-order valence-corrected chi connectivity index (χ0v) is 17.6. The third-order valence-electron chi connectivity index (χ3n) is 5.88. The number of thiophene rings is 1. The molecule has 1 amide bonds. The lowest BCUT2D eigenvalue weighted by atomic mass is 9.69. The molecule has 0 unspecified atom stereocenters. The highest BCUT2D eigenvalue weighted by molar-refractivity contribution is 7.08. The Morgan fingerprint density at radius 2 is 2.10 bits per heavy atom. The van der Waals surface area contributed by atoms with Gasteiger partial charge in [-0.05, 0) is 36.8 Å². The number of nitrogens with zero attached hydrogens (tertiary/aromatic N) is 2. The fourth-order valence-electron chi connectivity index (χ4n) is 4.21. The largest absolute Gasteiger partial charge is 0.355 e. The lowest BCUT2D eigenvalue weighted by Gasteiger charge is -2.38. The maximum Gasteiger partial charge on any atom is 0.227 e. The summed E-state index contributed by atoms with van der Waals surface area (Å²) in [5.74, 6) is 1.13. The van der Waals surface area contributed by atoms with Crippen LogP contribution in [0.2, 0.25) is 0 Å². The lowest BCUT2D eigenvalue weighted by Crippen LogP contribution is -2.42. The van der Waals surface area contributed by atoms with Crippen molar-refractivity contribution in [3.63, 3.8) is 0 Å². The summed E-state index contributed by atoms with van der Waals surface area (Å²) in [5, 5.41) is 11.2. The second-order valence-corrected chi connectivity index (χ2v) is 8.79. The van der Waals surface area contributed by atoms with Crippen molar-refractivity contribution in [2.24, 2.45) is 0 Å². The number of rotatable bonds is 7. The van der Waals surface area contributed by atoms with Crippen LogP contribution in [0.5, 0.6) is 0 Å². The molecule has 0 bridgehead atoms. The summed E-state index contributed by atoms with van der Waals surface area (Å²) in [7, 11) is 0. The Kier molecular flexibility index (Phi) is 6.09. The summed E-state index contributed by atoms with van der Waals surface area (Å²) in [5.41, 5.74) is 3.63. The molecule has 1 aliphatic rings. The van der Waals surface area contributed by atoms with Crippen LogP contribution in [0.15, 0.2) is 45.6 Å². The molecular weight excluding hydrogens is 382 g/mol. The van der Waals surface area contributed by atoms with Gasteiger partial charge in [-0.15, -0.1) is 0 Å². The molecular formula is C23H27N3O2S. The van der Waals surface area contributed by atoms with Gasteiger partial charge in [-0.2, -0.15) is 16.3 Å². The number of benzene rings is 1. The van der Waals surface area contributed by atoms with Crippen molar-refractivity contribution in [1.29, 1.82) is 0 Å². The smallest absolute Gasteiger partial charge is 0.227 e. The second-order valence-electron chi connectivity index (χ2n) is 8.01. The van der Waals surface area contributed by atoms with E-state index < -0.39 is 0 Å². The fraction of sp³-hybridized carbons (Fsp3) is 0.435. The van der Waals surface area contributed by atoms with Crippen molar-refractivity contribution in [2.75, 3.05) is 6.54 Å². The highest BCUT2D eigenvalue weighted by atomic mass is 32.1. The van der Waals surface area contributed by atoms with Crippen LogP contribution in [0.1, 0.15) is 55.5 Å². The van der Waals surface area contributed by atoms with Gasteiger partial charge in [0, 0.05) is 35.7 Å². The van der Waals surface area contributed by atoms with Gasteiger partial charge in [0.25, 0.3) is 0 Å². The Balaban J connectivity index is 1.35. The van der Waals surface area contributed by atoms with Crippen LogP contribution in [-0.2, 0) is 16.6 Å². The summed E-state index contributed by atoms with van der Waals surface area (Å²) in [6.07, 6.45) is 6.80. The maximum atomic E-state index is 12.5. The number of amides is 1. The molecule has 6 heteroatoms. The molecule has 1 saturated carbocycles. The van der Waals surface area contributed by atoms with Crippen LogP contribution in [-0.4, -0.2) is 22.6 Å². The SMILES string of the molecule is Cc1cccc(C2(CNC(=O)CCc3nc(-c4ccsc4)no3)CCCCC2)c1. The first-order valence-electron chi connectivity index (χ1n) is 10.3. The first kappa shape index (κ1) is 19.8. The predicted molar refractivity (Wildman–Crippen MR) is 115 cm³/mol. The number of nitrogens with one attached hydrogen (secondary N) is 1. The van der Waals surface area contributed by atoms with Gasteiger partial charge < -0.3 is 9.84 Å². The molecule has 4 rings (SSSR count). The molecule has 2 heterocycles. The van der Waals surface area contributed by atoms with Crippen molar-refractivity contribution in [2.45, 2.75) is 57.3 Å². The topological polar surface area (TPSA) is 68.0 Å². The van der Waals surface area contributed by atoms with Gasteiger partial charge in [0.2, 0.25) is 17.6 Å². The molecule has 1 aromatic carbocycles. The molecule has 5 nitrogen and oxygen atoms in total. The van der Waals surface area contributed by atoms with Gasteiger partial charge >= 0.3 is 0 Å². The molecule has 152 valence electrons. The van der Waals surface area contributed by atoms with E-state index in [0.717, 1.165) is 18.4 Å². The standard InChI is InChI=1S/C23H27N3O2S/c1-17-6-5-7-19(14-17)23(11-3-2-4-12-23)16-24-20(27)8-9-21-25-22(26-28-21)18-10-13-29-15-18/h5-7,10,13-15H,2-4,8-9,11-12,16H2,1H3,(H,24,27).